The van der Waals surface area contributed by atoms with Gasteiger partial charge in [-0.2, -0.15) is 8.42 Å². The number of carboxylic acids is 1. The molecule has 0 saturated carbocycles. The number of ether oxygens (including phenoxy) is 4. The molecule has 0 aromatic rings. The van der Waals surface area contributed by atoms with Crippen LogP contribution in [-0.2, 0) is 38.2 Å². The fourth-order valence-electron chi connectivity index (χ4n) is 3.30. The van der Waals surface area contributed by atoms with Crippen molar-refractivity contribution in [2.75, 3.05) is 7.11 Å². The van der Waals surface area contributed by atoms with Crippen LogP contribution in [0.25, 0.3) is 0 Å². The molecule has 14 heteroatoms. The molecule has 0 aliphatic carbocycles. The molecule has 2 heterocycles. The van der Waals surface area contributed by atoms with E-state index in [2.05, 4.69) is 4.33 Å². The number of hydrogen-bond acceptors (Lipinski definition) is 12. The van der Waals surface area contributed by atoms with Crippen molar-refractivity contribution in [1.82, 2.24) is 0 Å². The second kappa shape index (κ2) is 8.83. The van der Waals surface area contributed by atoms with Crippen molar-refractivity contribution in [3.63, 3.8) is 0 Å². The Labute approximate surface area is 160 Å². The molecule has 2 aliphatic rings. The van der Waals surface area contributed by atoms with E-state index in [4.69, 9.17) is 24.2 Å². The average Bonchev–Trinajstić information content (AvgIpc) is 2.63. The van der Waals surface area contributed by atoms with Gasteiger partial charge in [0.15, 0.2) is 18.7 Å². The minimum absolute atomic E-state index is 0.990. The van der Waals surface area contributed by atoms with Gasteiger partial charge in [0.1, 0.15) is 23.6 Å². The first-order chi connectivity index (χ1) is 13.0. The summed E-state index contributed by atoms with van der Waals surface area (Å²) < 4.78 is 48.5. The van der Waals surface area contributed by atoms with Crippen molar-refractivity contribution in [3.05, 3.63) is 0 Å². The Kier molecular flexibility index (Phi) is 7.36. The molecule has 10 atom stereocenters. The molecule has 0 spiro atoms. The lowest BCUT2D eigenvalue weighted by atomic mass is 9.90. The zero-order chi connectivity index (χ0) is 21.4. The van der Waals surface area contributed by atoms with Crippen LogP contribution >= 0.6 is 0 Å². The number of carboxylic acid groups (broad SMARTS) is 1. The van der Waals surface area contributed by atoms with Crippen LogP contribution in [0.4, 0.5) is 0 Å². The molecule has 0 amide bonds. The van der Waals surface area contributed by atoms with Gasteiger partial charge in [0.05, 0.1) is 12.2 Å². The standard InChI is InChI=1S/C14H24O13S/c1-4-6(15)7(16)14(25-9(4)12(18)19)26-10-5(2)24-13(23-3)8(17)11(10)28(21,22)27-20/h4-11,13-17,20H,1-3H3,(H,18,19)/t4-,5?,6?,7-,8?,9?,10-,11+,13+,14-/m0/s1. The average molecular weight is 432 g/mol. The van der Waals surface area contributed by atoms with Crippen LogP contribution in [0.15, 0.2) is 0 Å². The molecule has 13 nitrogen and oxygen atoms in total. The summed E-state index contributed by atoms with van der Waals surface area (Å²) in [7, 11) is -3.67. The van der Waals surface area contributed by atoms with Gasteiger partial charge >= 0.3 is 16.1 Å². The summed E-state index contributed by atoms with van der Waals surface area (Å²) in [6, 6.07) is 0. The highest BCUT2D eigenvalue weighted by Crippen LogP contribution is 2.33. The Morgan fingerprint density at radius 2 is 1.61 bits per heavy atom. The van der Waals surface area contributed by atoms with Gasteiger partial charge in [0.25, 0.3) is 0 Å². The van der Waals surface area contributed by atoms with Gasteiger partial charge in [-0.05, 0) is 6.92 Å². The van der Waals surface area contributed by atoms with E-state index in [0.29, 0.717) is 0 Å². The van der Waals surface area contributed by atoms with Crippen molar-refractivity contribution in [2.24, 2.45) is 5.92 Å². The van der Waals surface area contributed by atoms with Gasteiger partial charge in [-0.25, -0.2) is 10.1 Å². The molecule has 2 aliphatic heterocycles. The van der Waals surface area contributed by atoms with E-state index >= 15 is 0 Å². The minimum atomic E-state index is -4.81. The Bertz CT molecular complexity index is 654. The fraction of sp³-hybridized carbons (Fsp3) is 0.929. The van der Waals surface area contributed by atoms with Crippen LogP contribution in [0.5, 0.6) is 0 Å². The third-order valence-corrected chi connectivity index (χ3v) is 6.30. The molecule has 28 heavy (non-hydrogen) atoms. The Morgan fingerprint density at radius 3 is 2.11 bits per heavy atom. The van der Waals surface area contributed by atoms with Crippen LogP contribution in [0, 0.1) is 5.92 Å². The molecular formula is C14H24O13S. The molecule has 2 saturated heterocycles. The van der Waals surface area contributed by atoms with Gasteiger partial charge < -0.3 is 39.4 Å². The van der Waals surface area contributed by atoms with Crippen LogP contribution in [-0.4, -0.2) is 102 Å². The SMILES string of the molecule is CO[C@@H]1OC(C)[C@H](O[C@@H]2OC(C(=O)O)[C@@H](C)C(O)[C@@H]2O)[C@H](S(=O)(=O)OO)C1O. The smallest absolute Gasteiger partial charge is 0.333 e. The highest BCUT2D eigenvalue weighted by atomic mass is 32.2. The van der Waals surface area contributed by atoms with Gasteiger partial charge in [-0.1, -0.05) is 6.92 Å². The van der Waals surface area contributed by atoms with E-state index in [0.717, 1.165) is 7.11 Å². The first-order valence-electron chi connectivity index (χ1n) is 8.29. The summed E-state index contributed by atoms with van der Waals surface area (Å²) in [6.45, 7) is 2.69. The maximum Gasteiger partial charge on any atom is 0.333 e. The van der Waals surface area contributed by atoms with E-state index in [9.17, 15) is 33.6 Å². The van der Waals surface area contributed by atoms with Gasteiger partial charge in [-0.15, -0.1) is 4.33 Å². The van der Waals surface area contributed by atoms with Crippen LogP contribution in [0.1, 0.15) is 13.8 Å². The Hall–Kier alpha value is -0.940. The largest absolute Gasteiger partial charge is 0.479 e. The number of aliphatic hydroxyl groups is 3. The lowest BCUT2D eigenvalue weighted by Crippen LogP contribution is -2.64. The zero-order valence-electron chi connectivity index (χ0n) is 15.2. The second-order valence-corrected chi connectivity index (χ2v) is 8.35. The van der Waals surface area contributed by atoms with Crippen LogP contribution < -0.4 is 0 Å². The summed E-state index contributed by atoms with van der Waals surface area (Å²) in [4.78, 5) is 11.3. The topological polar surface area (TPSA) is 199 Å². The normalized spacial score (nSPS) is 45.0. The molecule has 0 aromatic carbocycles. The highest BCUT2D eigenvalue weighted by molar-refractivity contribution is 7.87. The summed E-state index contributed by atoms with van der Waals surface area (Å²) in [5.74, 6) is -2.42. The van der Waals surface area contributed by atoms with E-state index in [1.165, 1.54) is 13.8 Å². The lowest BCUT2D eigenvalue weighted by molar-refractivity contribution is -0.325. The third kappa shape index (κ3) is 4.30. The molecule has 0 aromatic heterocycles. The minimum Gasteiger partial charge on any atom is -0.479 e. The molecule has 2 fully saturated rings. The maximum atomic E-state index is 12.1. The monoisotopic (exact) mass is 432 g/mol. The van der Waals surface area contributed by atoms with Crippen molar-refractivity contribution < 1.29 is 62.2 Å². The quantitative estimate of drug-likeness (QED) is 0.218. The molecule has 0 bridgehead atoms. The zero-order valence-corrected chi connectivity index (χ0v) is 16.0. The van der Waals surface area contributed by atoms with Crippen molar-refractivity contribution in [2.45, 2.75) is 68.3 Å². The molecule has 0 radical (unpaired) electrons. The summed E-state index contributed by atoms with van der Waals surface area (Å²) in [6.07, 6.45) is -12.6. The third-order valence-electron chi connectivity index (χ3n) is 4.88. The van der Waals surface area contributed by atoms with Crippen molar-refractivity contribution in [3.8, 4) is 0 Å². The van der Waals surface area contributed by atoms with Gasteiger partial charge in [0.2, 0.25) is 0 Å². The highest BCUT2D eigenvalue weighted by Gasteiger charge is 2.55. The molecule has 2 rings (SSSR count). The number of carbonyl (C=O) groups is 1. The molecule has 5 N–H and O–H groups in total. The Morgan fingerprint density at radius 1 is 1.00 bits per heavy atom. The molecule has 164 valence electrons. The first kappa shape index (κ1) is 23.3. The molecule has 4 unspecified atom stereocenters. The number of aliphatic hydroxyl groups excluding tert-OH is 3. The summed E-state index contributed by atoms with van der Waals surface area (Å²) in [5.41, 5.74) is 0. The molecular weight excluding hydrogens is 408 g/mol. The van der Waals surface area contributed by atoms with Gasteiger partial charge in [0, 0.05) is 13.0 Å². The number of methoxy groups -OCH3 is 1. The lowest BCUT2D eigenvalue weighted by Gasteiger charge is -2.45. The fourth-order valence-corrected chi connectivity index (χ4v) is 4.49. The van der Waals surface area contributed by atoms with Crippen molar-refractivity contribution in [1.29, 1.82) is 0 Å². The first-order valence-corrected chi connectivity index (χ1v) is 9.76. The van der Waals surface area contributed by atoms with Crippen LogP contribution in [0.3, 0.4) is 0 Å². The maximum absolute atomic E-state index is 12.1. The summed E-state index contributed by atoms with van der Waals surface area (Å²) in [5, 5.41) is 46.5. The number of rotatable bonds is 6. The predicted molar refractivity (Wildman–Crippen MR) is 86.1 cm³/mol. The summed E-state index contributed by atoms with van der Waals surface area (Å²) >= 11 is 0. The van der Waals surface area contributed by atoms with Crippen LogP contribution in [0.2, 0.25) is 0 Å². The van der Waals surface area contributed by atoms with Crippen molar-refractivity contribution >= 4 is 16.1 Å². The number of hydrogen-bond donors (Lipinski definition) is 5. The van der Waals surface area contributed by atoms with E-state index < -0.39 is 76.5 Å². The second-order valence-electron chi connectivity index (χ2n) is 6.67. The number of aliphatic carboxylic acids is 1. The van der Waals surface area contributed by atoms with Gasteiger partial charge in [-0.3, -0.25) is 0 Å². The van der Waals surface area contributed by atoms with E-state index in [1.54, 1.807) is 0 Å². The predicted octanol–water partition coefficient (Wildman–Crippen LogP) is -2.52. The van der Waals surface area contributed by atoms with E-state index in [-0.39, 0.29) is 0 Å². The van der Waals surface area contributed by atoms with E-state index in [1.807, 2.05) is 0 Å². The Balaban J connectivity index is 2.33.